The van der Waals surface area contributed by atoms with Crippen molar-refractivity contribution in [2.45, 2.75) is 124 Å². The molecular weight excluding hydrogens is 1020 g/mol. The molecule has 9 rings (SSSR count). The fraction of sp³-hybridized carbons (Fsp3) is 0.302. The predicted molar refractivity (Wildman–Crippen MR) is 286 cm³/mol. The van der Waals surface area contributed by atoms with E-state index in [1.165, 1.54) is 27.8 Å². The molecule has 1 aliphatic rings. The Bertz CT molecular complexity index is 3160. The average molecular weight is 1090 g/mol. The SMILES string of the molecule is CC(C)(C)c1cc(Oc2[c-]c3c(cc2)c2cc(C(C)(C)C)ccc2n3-c2cc(C(C)(C)c3ccccc3)ccn2)[c-]c(N2[CH-]N(c3cc(C(C)(C)C)cc(C(C)(C)C)c3)C=C2c2ccccc2)c1.[Pt]. The maximum absolute atomic E-state index is 6.96. The molecule has 0 bridgehead atoms. The average Bonchev–Trinajstić information content (AvgIpc) is 3.88. The largest absolute Gasteiger partial charge is 0.509 e. The van der Waals surface area contributed by atoms with Crippen molar-refractivity contribution in [3.05, 3.63) is 204 Å². The van der Waals surface area contributed by atoms with Crippen LogP contribution >= 0.6 is 0 Å². The molecule has 5 nitrogen and oxygen atoms in total. The normalized spacial score (nSPS) is 13.8. The zero-order valence-electron chi connectivity index (χ0n) is 42.9. The molecule has 0 atom stereocenters. The fourth-order valence-electron chi connectivity index (χ4n) is 9.10. The molecule has 3 heterocycles. The Morgan fingerprint density at radius 1 is 0.507 bits per heavy atom. The molecule has 2 aromatic heterocycles. The van der Waals surface area contributed by atoms with Crippen LogP contribution in [0.4, 0.5) is 11.4 Å². The predicted octanol–water partition coefficient (Wildman–Crippen LogP) is 16.5. The van der Waals surface area contributed by atoms with Crippen LogP contribution in [0.5, 0.6) is 11.5 Å². The van der Waals surface area contributed by atoms with Crippen molar-refractivity contribution >= 4 is 38.9 Å². The molecule has 0 saturated heterocycles. The first-order valence-corrected chi connectivity index (χ1v) is 24.1. The summed E-state index contributed by atoms with van der Waals surface area (Å²) in [5.41, 5.74) is 13.1. The van der Waals surface area contributed by atoms with Gasteiger partial charge in [0.15, 0.2) is 0 Å². The van der Waals surface area contributed by atoms with Gasteiger partial charge >= 0.3 is 0 Å². The number of ether oxygens (including phenoxy) is 1. The number of hydrogen-bond acceptors (Lipinski definition) is 4. The van der Waals surface area contributed by atoms with Crippen LogP contribution in [-0.4, -0.2) is 9.55 Å². The van der Waals surface area contributed by atoms with Crippen LogP contribution in [0.2, 0.25) is 0 Å². The van der Waals surface area contributed by atoms with Gasteiger partial charge < -0.3 is 19.1 Å². The van der Waals surface area contributed by atoms with E-state index in [2.05, 4.69) is 264 Å². The minimum absolute atomic E-state index is 0. The van der Waals surface area contributed by atoms with E-state index < -0.39 is 0 Å². The molecule has 8 aromatic rings. The summed E-state index contributed by atoms with van der Waals surface area (Å²) >= 11 is 0. The van der Waals surface area contributed by atoms with Crippen LogP contribution in [-0.2, 0) is 48.1 Å². The Balaban J connectivity index is 0.00000642. The van der Waals surface area contributed by atoms with Gasteiger partial charge in [-0.15, -0.1) is 53.6 Å². The van der Waals surface area contributed by atoms with Crippen molar-refractivity contribution in [3.8, 4) is 17.3 Å². The summed E-state index contributed by atoms with van der Waals surface area (Å²) < 4.78 is 9.21. The summed E-state index contributed by atoms with van der Waals surface area (Å²) in [7, 11) is 0. The molecule has 0 aliphatic carbocycles. The number of benzene rings is 6. The van der Waals surface area contributed by atoms with Crippen molar-refractivity contribution < 1.29 is 25.8 Å². The molecule has 0 radical (unpaired) electrons. The third-order valence-corrected chi connectivity index (χ3v) is 13.7. The second-order valence-corrected chi connectivity index (χ2v) is 23.3. The number of rotatable bonds is 8. The first kappa shape index (κ1) is 49.5. The second kappa shape index (κ2) is 18.1. The molecule has 0 N–H and O–H groups in total. The van der Waals surface area contributed by atoms with Gasteiger partial charge in [-0.05, 0) is 97.0 Å². The summed E-state index contributed by atoms with van der Waals surface area (Å²) in [5, 5.41) is 2.25. The molecule has 0 fully saturated rings. The second-order valence-electron chi connectivity index (χ2n) is 23.3. The minimum atomic E-state index is -0.244. The van der Waals surface area contributed by atoms with E-state index in [0.717, 1.165) is 55.8 Å². The monoisotopic (exact) mass is 1090 g/mol. The van der Waals surface area contributed by atoms with E-state index in [4.69, 9.17) is 9.72 Å². The summed E-state index contributed by atoms with van der Waals surface area (Å²) in [6, 6.07) is 55.7. The molecular formula is C63H67N4OPt-3. The molecule has 6 aromatic carbocycles. The summed E-state index contributed by atoms with van der Waals surface area (Å²) in [6.45, 7) is 34.0. The van der Waals surface area contributed by atoms with Gasteiger partial charge in [0.2, 0.25) is 0 Å². The Morgan fingerprint density at radius 2 is 1.12 bits per heavy atom. The van der Waals surface area contributed by atoms with Gasteiger partial charge in [-0.2, -0.15) is 6.07 Å². The van der Waals surface area contributed by atoms with Gasteiger partial charge in [-0.1, -0.05) is 181 Å². The third kappa shape index (κ3) is 9.96. The Hall–Kier alpha value is -5.90. The van der Waals surface area contributed by atoms with Crippen molar-refractivity contribution in [1.29, 1.82) is 0 Å². The molecule has 69 heavy (non-hydrogen) atoms. The molecule has 1 aliphatic heterocycles. The molecule has 0 unspecified atom stereocenters. The van der Waals surface area contributed by atoms with Gasteiger partial charge in [-0.25, -0.2) is 4.98 Å². The van der Waals surface area contributed by atoms with Crippen molar-refractivity contribution in [1.82, 2.24) is 9.55 Å². The smallest absolute Gasteiger partial charge is 0.135 e. The number of anilines is 2. The summed E-state index contributed by atoms with van der Waals surface area (Å²) in [4.78, 5) is 9.56. The van der Waals surface area contributed by atoms with Gasteiger partial charge in [-0.3, -0.25) is 0 Å². The van der Waals surface area contributed by atoms with Crippen molar-refractivity contribution in [3.63, 3.8) is 0 Å². The Morgan fingerprint density at radius 3 is 1.74 bits per heavy atom. The summed E-state index contributed by atoms with van der Waals surface area (Å²) in [5.74, 6) is 2.06. The number of hydrogen-bond donors (Lipinski definition) is 0. The summed E-state index contributed by atoms with van der Waals surface area (Å²) in [6.07, 6.45) is 4.18. The molecule has 358 valence electrons. The van der Waals surface area contributed by atoms with Crippen LogP contribution in [0.25, 0.3) is 33.3 Å². The molecule has 0 saturated carbocycles. The molecule has 6 heteroatoms. The molecule has 0 amide bonds. The fourth-order valence-corrected chi connectivity index (χ4v) is 9.10. The Kier molecular flexibility index (Phi) is 13.0. The first-order chi connectivity index (χ1) is 31.9. The number of aromatic nitrogens is 2. The first-order valence-electron chi connectivity index (χ1n) is 24.1. The minimum Gasteiger partial charge on any atom is -0.509 e. The number of pyridine rings is 1. The van der Waals surface area contributed by atoms with E-state index in [-0.39, 0.29) is 48.1 Å². The van der Waals surface area contributed by atoms with E-state index in [0.29, 0.717) is 11.5 Å². The van der Waals surface area contributed by atoms with Crippen LogP contribution in [0.15, 0.2) is 146 Å². The van der Waals surface area contributed by atoms with Crippen molar-refractivity contribution in [2.24, 2.45) is 0 Å². The van der Waals surface area contributed by atoms with Gasteiger partial charge in [0.1, 0.15) is 5.82 Å². The maximum Gasteiger partial charge on any atom is 0.135 e. The number of nitrogens with zero attached hydrogens (tertiary/aromatic N) is 4. The quantitative estimate of drug-likeness (QED) is 0.142. The van der Waals surface area contributed by atoms with Gasteiger partial charge in [0.05, 0.1) is 0 Å². The standard InChI is InChI=1S/C63H67N4O.Pt/c1-59(2,3)44-25-28-55-54(36-44)53-27-26-51(39-56(53)67(55)58-37-45(29-30-64-58)63(13,14)43-23-19-16-20-24-43)68-52-35-48(62(10,11)12)34-50(38-52)66-41-65(40-57(66)42-21-17-15-18-22-42)49-32-46(60(4,5)6)31-47(33-49)61(7,8)9;/h15-37,40-41H,1-14H3;/q-3;. The number of fused-ring (bicyclic) bond motifs is 3. The zero-order chi connectivity index (χ0) is 48.6. The zero-order valence-corrected chi connectivity index (χ0v) is 45.2. The van der Waals surface area contributed by atoms with Crippen molar-refractivity contribution in [2.75, 3.05) is 9.80 Å². The van der Waals surface area contributed by atoms with Crippen LogP contribution in [0, 0.1) is 18.8 Å². The van der Waals surface area contributed by atoms with Gasteiger partial charge in [0.25, 0.3) is 0 Å². The third-order valence-electron chi connectivity index (χ3n) is 13.7. The van der Waals surface area contributed by atoms with Gasteiger partial charge in [0, 0.05) is 61.1 Å². The molecule has 0 spiro atoms. The topological polar surface area (TPSA) is 33.5 Å². The van der Waals surface area contributed by atoms with Crippen LogP contribution < -0.4 is 14.5 Å². The van der Waals surface area contributed by atoms with Crippen LogP contribution in [0.3, 0.4) is 0 Å². The van der Waals surface area contributed by atoms with E-state index in [1.54, 1.807) is 0 Å². The van der Waals surface area contributed by atoms with E-state index in [9.17, 15) is 0 Å². The van der Waals surface area contributed by atoms with E-state index >= 15 is 0 Å². The Labute approximate surface area is 426 Å². The van der Waals surface area contributed by atoms with Crippen LogP contribution in [0.1, 0.15) is 136 Å². The van der Waals surface area contributed by atoms with E-state index in [1.807, 2.05) is 12.3 Å². The maximum atomic E-state index is 6.96.